The summed E-state index contributed by atoms with van der Waals surface area (Å²) < 4.78 is 15.7. The number of amides is 1. The molecule has 0 saturated carbocycles. The Kier molecular flexibility index (Phi) is 4.83. The molecule has 0 atom stereocenters. The Morgan fingerprint density at radius 2 is 2.05 bits per heavy atom. The van der Waals surface area contributed by atoms with Gasteiger partial charge in [0.2, 0.25) is 12.7 Å². The van der Waals surface area contributed by atoms with Crippen LogP contribution in [-0.4, -0.2) is 44.4 Å². The summed E-state index contributed by atoms with van der Waals surface area (Å²) in [6, 6.07) is 6.19. The smallest absolute Gasteiger partial charge is 0.248 e. The van der Waals surface area contributed by atoms with E-state index < -0.39 is 0 Å². The van der Waals surface area contributed by atoms with Gasteiger partial charge in [0.1, 0.15) is 6.61 Å². The minimum absolute atomic E-state index is 0.108. The summed E-state index contributed by atoms with van der Waals surface area (Å²) >= 11 is 0. The number of benzene rings is 1. The van der Waals surface area contributed by atoms with Crippen molar-refractivity contribution < 1.29 is 19.0 Å². The number of nitrogens with zero attached hydrogens (tertiary/aromatic N) is 1. The normalized spacial score (nSPS) is 17.8. The fourth-order valence-electron chi connectivity index (χ4n) is 3.15. The molecule has 0 radical (unpaired) electrons. The third kappa shape index (κ3) is 3.53. The van der Waals surface area contributed by atoms with Gasteiger partial charge in [0, 0.05) is 20.2 Å². The average molecular weight is 305 g/mol. The van der Waals surface area contributed by atoms with Crippen molar-refractivity contribution in [2.75, 3.05) is 33.6 Å². The summed E-state index contributed by atoms with van der Waals surface area (Å²) in [4.78, 5) is 13.7. The Balaban J connectivity index is 1.44. The number of carbonyl (C=O) groups is 1. The second-order valence-corrected chi connectivity index (χ2v) is 5.98. The number of rotatable bonds is 5. The van der Waals surface area contributed by atoms with Gasteiger partial charge in [0.15, 0.2) is 11.5 Å². The predicted molar refractivity (Wildman–Crippen MR) is 82.1 cm³/mol. The first-order valence-corrected chi connectivity index (χ1v) is 7.91. The number of carbonyl (C=O) groups excluding carboxylic acids is 1. The van der Waals surface area contributed by atoms with Crippen LogP contribution in [0.15, 0.2) is 18.2 Å². The SMILES string of the molecule is COCC(=O)N1CCC(CCc2ccc3c(c2)OCO3)CC1. The van der Waals surface area contributed by atoms with E-state index in [1.807, 2.05) is 11.0 Å². The molecule has 2 aliphatic rings. The van der Waals surface area contributed by atoms with Crippen molar-refractivity contribution >= 4 is 5.91 Å². The number of hydrogen-bond acceptors (Lipinski definition) is 4. The van der Waals surface area contributed by atoms with Crippen molar-refractivity contribution in [3.63, 3.8) is 0 Å². The number of hydrogen-bond donors (Lipinski definition) is 0. The van der Waals surface area contributed by atoms with Gasteiger partial charge in [-0.1, -0.05) is 6.07 Å². The van der Waals surface area contributed by atoms with E-state index in [0.717, 1.165) is 50.3 Å². The van der Waals surface area contributed by atoms with Crippen molar-refractivity contribution in [3.05, 3.63) is 23.8 Å². The Morgan fingerprint density at radius 1 is 1.27 bits per heavy atom. The molecule has 5 heteroatoms. The summed E-state index contributed by atoms with van der Waals surface area (Å²) in [5, 5.41) is 0. The van der Waals surface area contributed by atoms with Crippen LogP contribution in [0, 0.1) is 5.92 Å². The van der Waals surface area contributed by atoms with Crippen molar-refractivity contribution in [1.29, 1.82) is 0 Å². The highest BCUT2D eigenvalue weighted by molar-refractivity contribution is 5.77. The predicted octanol–water partition coefficient (Wildman–Crippen LogP) is 2.23. The van der Waals surface area contributed by atoms with Gasteiger partial charge in [-0.3, -0.25) is 4.79 Å². The number of likely N-dealkylation sites (tertiary alicyclic amines) is 1. The molecule has 0 bridgehead atoms. The van der Waals surface area contributed by atoms with E-state index in [4.69, 9.17) is 14.2 Å². The van der Waals surface area contributed by atoms with E-state index >= 15 is 0 Å². The van der Waals surface area contributed by atoms with E-state index in [9.17, 15) is 4.79 Å². The summed E-state index contributed by atoms with van der Waals surface area (Å²) in [6.45, 7) is 2.23. The molecule has 0 aromatic heterocycles. The minimum Gasteiger partial charge on any atom is -0.454 e. The summed E-state index contributed by atoms with van der Waals surface area (Å²) in [5.74, 6) is 2.50. The quantitative estimate of drug-likeness (QED) is 0.837. The maximum Gasteiger partial charge on any atom is 0.248 e. The van der Waals surface area contributed by atoms with Crippen LogP contribution in [0.5, 0.6) is 11.5 Å². The van der Waals surface area contributed by atoms with Crippen LogP contribution in [0.25, 0.3) is 0 Å². The molecule has 120 valence electrons. The largest absolute Gasteiger partial charge is 0.454 e. The van der Waals surface area contributed by atoms with Crippen molar-refractivity contribution in [3.8, 4) is 11.5 Å². The number of aryl methyl sites for hydroxylation is 1. The Bertz CT molecular complexity index is 523. The van der Waals surface area contributed by atoms with E-state index in [1.165, 1.54) is 5.56 Å². The Hall–Kier alpha value is -1.75. The summed E-state index contributed by atoms with van der Waals surface area (Å²) in [6.07, 6.45) is 4.37. The lowest BCUT2D eigenvalue weighted by molar-refractivity contribution is -0.136. The molecule has 0 unspecified atom stereocenters. The van der Waals surface area contributed by atoms with Crippen LogP contribution in [-0.2, 0) is 16.0 Å². The molecule has 0 aliphatic carbocycles. The Morgan fingerprint density at radius 3 is 2.82 bits per heavy atom. The maximum absolute atomic E-state index is 11.8. The van der Waals surface area contributed by atoms with Gasteiger partial charge in [0.25, 0.3) is 0 Å². The first-order valence-electron chi connectivity index (χ1n) is 7.91. The van der Waals surface area contributed by atoms with E-state index in [2.05, 4.69) is 12.1 Å². The lowest BCUT2D eigenvalue weighted by atomic mass is 9.90. The van der Waals surface area contributed by atoms with Gasteiger partial charge < -0.3 is 19.1 Å². The van der Waals surface area contributed by atoms with E-state index in [1.54, 1.807) is 7.11 Å². The monoisotopic (exact) mass is 305 g/mol. The van der Waals surface area contributed by atoms with Gasteiger partial charge in [-0.2, -0.15) is 0 Å². The van der Waals surface area contributed by atoms with Crippen LogP contribution in [0.3, 0.4) is 0 Å². The van der Waals surface area contributed by atoms with Gasteiger partial charge in [-0.05, 0) is 49.3 Å². The molecular formula is C17H23NO4. The van der Waals surface area contributed by atoms with Gasteiger partial charge in [-0.25, -0.2) is 0 Å². The molecule has 1 aromatic rings. The number of ether oxygens (including phenoxy) is 3. The number of fused-ring (bicyclic) bond motifs is 1. The molecule has 3 rings (SSSR count). The van der Waals surface area contributed by atoms with Crippen LogP contribution < -0.4 is 9.47 Å². The van der Waals surface area contributed by atoms with Crippen molar-refractivity contribution in [1.82, 2.24) is 4.90 Å². The molecule has 1 saturated heterocycles. The second-order valence-electron chi connectivity index (χ2n) is 5.98. The summed E-state index contributed by atoms with van der Waals surface area (Å²) in [5.41, 5.74) is 1.29. The third-order valence-electron chi connectivity index (χ3n) is 4.51. The summed E-state index contributed by atoms with van der Waals surface area (Å²) in [7, 11) is 1.57. The molecule has 1 amide bonds. The molecule has 0 spiro atoms. The number of methoxy groups -OCH3 is 1. The highest BCUT2D eigenvalue weighted by Crippen LogP contribution is 2.33. The lowest BCUT2D eigenvalue weighted by Crippen LogP contribution is -2.40. The maximum atomic E-state index is 11.8. The minimum atomic E-state index is 0.108. The zero-order chi connectivity index (χ0) is 15.4. The number of piperidine rings is 1. The molecule has 1 aromatic carbocycles. The molecule has 1 fully saturated rings. The van der Waals surface area contributed by atoms with E-state index in [0.29, 0.717) is 12.7 Å². The zero-order valence-corrected chi connectivity index (χ0v) is 13.0. The molecule has 2 heterocycles. The van der Waals surface area contributed by atoms with Gasteiger partial charge >= 0.3 is 0 Å². The highest BCUT2D eigenvalue weighted by atomic mass is 16.7. The molecule has 22 heavy (non-hydrogen) atoms. The van der Waals surface area contributed by atoms with Crippen LogP contribution in [0.2, 0.25) is 0 Å². The first kappa shape index (κ1) is 15.2. The molecule has 0 N–H and O–H groups in total. The first-order chi connectivity index (χ1) is 10.8. The van der Waals surface area contributed by atoms with Crippen LogP contribution >= 0.6 is 0 Å². The average Bonchev–Trinajstić information content (AvgIpc) is 3.01. The highest BCUT2D eigenvalue weighted by Gasteiger charge is 2.22. The second kappa shape index (κ2) is 7.01. The van der Waals surface area contributed by atoms with Crippen LogP contribution in [0.4, 0.5) is 0 Å². The molecular weight excluding hydrogens is 282 g/mol. The van der Waals surface area contributed by atoms with E-state index in [-0.39, 0.29) is 12.5 Å². The molecule has 2 aliphatic heterocycles. The Labute approximate surface area is 131 Å². The fraction of sp³-hybridized carbons (Fsp3) is 0.588. The zero-order valence-electron chi connectivity index (χ0n) is 13.0. The molecule has 5 nitrogen and oxygen atoms in total. The van der Waals surface area contributed by atoms with Gasteiger partial charge in [-0.15, -0.1) is 0 Å². The standard InChI is InChI=1S/C17H23NO4/c1-20-11-17(19)18-8-6-13(7-9-18)2-3-14-4-5-15-16(10-14)22-12-21-15/h4-5,10,13H,2-3,6-9,11-12H2,1H3. The lowest BCUT2D eigenvalue weighted by Gasteiger charge is -2.32. The van der Waals surface area contributed by atoms with Crippen molar-refractivity contribution in [2.45, 2.75) is 25.7 Å². The van der Waals surface area contributed by atoms with Gasteiger partial charge in [0.05, 0.1) is 0 Å². The topological polar surface area (TPSA) is 48.0 Å². The third-order valence-corrected chi connectivity index (χ3v) is 4.51. The van der Waals surface area contributed by atoms with Crippen molar-refractivity contribution in [2.24, 2.45) is 5.92 Å². The fourth-order valence-corrected chi connectivity index (χ4v) is 3.15. The van der Waals surface area contributed by atoms with Crippen LogP contribution in [0.1, 0.15) is 24.8 Å².